The zero-order valence-electron chi connectivity index (χ0n) is 10.8. The molecule has 2 aromatic carbocycles. The van der Waals surface area contributed by atoms with Gasteiger partial charge in [0.25, 0.3) is 0 Å². The molecule has 0 bridgehead atoms. The number of halogens is 4. The lowest BCUT2D eigenvalue weighted by molar-refractivity contribution is 0.483. The van der Waals surface area contributed by atoms with E-state index in [0.29, 0.717) is 16.5 Å². The van der Waals surface area contributed by atoms with E-state index in [1.165, 1.54) is 19.1 Å². The van der Waals surface area contributed by atoms with Gasteiger partial charge in [0, 0.05) is 21.7 Å². The molecule has 2 N–H and O–H groups in total. The van der Waals surface area contributed by atoms with Gasteiger partial charge in [-0.2, -0.15) is 0 Å². The van der Waals surface area contributed by atoms with Gasteiger partial charge in [-0.3, -0.25) is 0 Å². The van der Waals surface area contributed by atoms with Crippen LogP contribution in [-0.4, -0.2) is 0 Å². The Morgan fingerprint density at radius 1 is 1.10 bits per heavy atom. The van der Waals surface area contributed by atoms with Crippen molar-refractivity contribution < 1.29 is 8.78 Å². The Morgan fingerprint density at radius 2 is 1.80 bits per heavy atom. The summed E-state index contributed by atoms with van der Waals surface area (Å²) in [6, 6.07) is 7.34. The van der Waals surface area contributed by atoms with Gasteiger partial charge in [0.05, 0.1) is 0 Å². The third-order valence-electron chi connectivity index (χ3n) is 3.16. The molecule has 0 saturated carbocycles. The van der Waals surface area contributed by atoms with Crippen LogP contribution in [0.3, 0.4) is 0 Å². The van der Waals surface area contributed by atoms with Gasteiger partial charge in [-0.25, -0.2) is 8.78 Å². The van der Waals surface area contributed by atoms with E-state index >= 15 is 0 Å². The average molecular weight is 316 g/mol. The molecule has 1 unspecified atom stereocenters. The first-order valence-electron chi connectivity index (χ1n) is 6.04. The van der Waals surface area contributed by atoms with Crippen LogP contribution >= 0.6 is 23.2 Å². The molecular weight excluding hydrogens is 303 g/mol. The third kappa shape index (κ3) is 3.11. The highest BCUT2D eigenvalue weighted by molar-refractivity contribution is 6.35. The fraction of sp³-hybridized carbons (Fsp3) is 0.200. The standard InChI is InChI=1S/C15H13Cl2F2N/c1-8-2-5-11(15(19)14(8)18)13(20)6-9-3-4-10(16)7-12(9)17/h2-5,7,13H,6,20H2,1H3. The number of hydrogen-bond acceptors (Lipinski definition) is 1. The molecule has 0 spiro atoms. The Hall–Kier alpha value is -1.16. The minimum absolute atomic E-state index is 0.138. The average Bonchev–Trinajstić information content (AvgIpc) is 2.39. The van der Waals surface area contributed by atoms with Gasteiger partial charge in [-0.15, -0.1) is 0 Å². The smallest absolute Gasteiger partial charge is 0.163 e. The molecule has 20 heavy (non-hydrogen) atoms. The zero-order chi connectivity index (χ0) is 14.9. The quantitative estimate of drug-likeness (QED) is 0.863. The first-order valence-corrected chi connectivity index (χ1v) is 6.79. The minimum atomic E-state index is -0.900. The van der Waals surface area contributed by atoms with Crippen LogP contribution in [0.2, 0.25) is 10.0 Å². The maximum atomic E-state index is 13.9. The molecule has 0 aliphatic heterocycles. The topological polar surface area (TPSA) is 26.0 Å². The van der Waals surface area contributed by atoms with Gasteiger partial charge < -0.3 is 5.73 Å². The van der Waals surface area contributed by atoms with Gasteiger partial charge in [-0.1, -0.05) is 41.4 Å². The van der Waals surface area contributed by atoms with E-state index < -0.39 is 17.7 Å². The minimum Gasteiger partial charge on any atom is -0.324 e. The molecule has 0 fully saturated rings. The predicted molar refractivity (Wildman–Crippen MR) is 78.2 cm³/mol. The summed E-state index contributed by atoms with van der Waals surface area (Å²) in [5.74, 6) is -1.76. The molecule has 106 valence electrons. The molecule has 2 rings (SSSR count). The molecule has 1 nitrogen and oxygen atoms in total. The number of aryl methyl sites for hydroxylation is 1. The van der Waals surface area contributed by atoms with Gasteiger partial charge in [0.15, 0.2) is 11.6 Å². The van der Waals surface area contributed by atoms with Crippen molar-refractivity contribution >= 4 is 23.2 Å². The Labute approximate surface area is 126 Å². The van der Waals surface area contributed by atoms with Crippen LogP contribution in [0, 0.1) is 18.6 Å². The molecule has 5 heteroatoms. The highest BCUT2D eigenvalue weighted by atomic mass is 35.5. The second-order valence-corrected chi connectivity index (χ2v) is 5.49. The third-order valence-corrected chi connectivity index (χ3v) is 3.75. The summed E-state index contributed by atoms with van der Waals surface area (Å²) in [5, 5.41) is 0.973. The van der Waals surface area contributed by atoms with Crippen molar-refractivity contribution in [3.05, 3.63) is 68.7 Å². The highest BCUT2D eigenvalue weighted by Crippen LogP contribution is 2.27. The largest absolute Gasteiger partial charge is 0.324 e. The number of hydrogen-bond donors (Lipinski definition) is 1. The Bertz CT molecular complexity index is 644. The lowest BCUT2D eigenvalue weighted by Crippen LogP contribution is -2.16. The van der Waals surface area contributed by atoms with E-state index in [1.54, 1.807) is 18.2 Å². The van der Waals surface area contributed by atoms with Crippen molar-refractivity contribution in [2.24, 2.45) is 5.73 Å². The number of nitrogens with two attached hydrogens (primary N) is 1. The Balaban J connectivity index is 2.28. The number of rotatable bonds is 3. The second-order valence-electron chi connectivity index (χ2n) is 4.65. The van der Waals surface area contributed by atoms with Crippen LogP contribution in [0.15, 0.2) is 30.3 Å². The summed E-state index contributed by atoms with van der Waals surface area (Å²) >= 11 is 11.9. The summed E-state index contributed by atoms with van der Waals surface area (Å²) in [5.41, 5.74) is 7.09. The van der Waals surface area contributed by atoms with Crippen molar-refractivity contribution in [2.75, 3.05) is 0 Å². The van der Waals surface area contributed by atoms with Crippen molar-refractivity contribution in [2.45, 2.75) is 19.4 Å². The van der Waals surface area contributed by atoms with Crippen molar-refractivity contribution in [1.82, 2.24) is 0 Å². The lowest BCUT2D eigenvalue weighted by Gasteiger charge is -2.15. The first-order chi connectivity index (χ1) is 9.40. The second kappa shape index (κ2) is 6.08. The van der Waals surface area contributed by atoms with E-state index in [2.05, 4.69) is 0 Å². The van der Waals surface area contributed by atoms with Gasteiger partial charge in [-0.05, 0) is 36.6 Å². The molecule has 0 heterocycles. The summed E-state index contributed by atoms with van der Waals surface area (Å²) in [7, 11) is 0. The van der Waals surface area contributed by atoms with Gasteiger partial charge in [0.2, 0.25) is 0 Å². The van der Waals surface area contributed by atoms with E-state index in [0.717, 1.165) is 5.56 Å². The van der Waals surface area contributed by atoms with Crippen molar-refractivity contribution in [3.8, 4) is 0 Å². The molecule has 1 atom stereocenters. The maximum Gasteiger partial charge on any atom is 0.163 e. The Kier molecular flexibility index (Phi) is 4.63. The summed E-state index contributed by atoms with van der Waals surface area (Å²) < 4.78 is 27.4. The monoisotopic (exact) mass is 315 g/mol. The molecule has 0 aliphatic rings. The molecule has 0 saturated heterocycles. The van der Waals surface area contributed by atoms with Gasteiger partial charge >= 0.3 is 0 Å². The van der Waals surface area contributed by atoms with E-state index in [4.69, 9.17) is 28.9 Å². The molecule has 0 radical (unpaired) electrons. The fourth-order valence-electron chi connectivity index (χ4n) is 1.98. The van der Waals surface area contributed by atoms with E-state index in [1.807, 2.05) is 0 Å². The van der Waals surface area contributed by atoms with Crippen molar-refractivity contribution in [3.63, 3.8) is 0 Å². The van der Waals surface area contributed by atoms with E-state index in [9.17, 15) is 8.78 Å². The summed E-state index contributed by atoms with van der Waals surface area (Å²) in [4.78, 5) is 0. The highest BCUT2D eigenvalue weighted by Gasteiger charge is 2.18. The molecule has 0 amide bonds. The van der Waals surface area contributed by atoms with Crippen LogP contribution in [0.5, 0.6) is 0 Å². The molecule has 0 aliphatic carbocycles. The van der Waals surface area contributed by atoms with Crippen LogP contribution in [-0.2, 0) is 6.42 Å². The summed E-state index contributed by atoms with van der Waals surface area (Å²) in [6.07, 6.45) is 0.301. The number of benzene rings is 2. The predicted octanol–water partition coefficient (Wildman–Crippen LogP) is 4.82. The van der Waals surface area contributed by atoms with Crippen LogP contribution in [0.1, 0.15) is 22.7 Å². The lowest BCUT2D eigenvalue weighted by atomic mass is 9.98. The van der Waals surface area contributed by atoms with Crippen LogP contribution < -0.4 is 5.73 Å². The fourth-order valence-corrected chi connectivity index (χ4v) is 2.47. The van der Waals surface area contributed by atoms with Crippen molar-refractivity contribution in [1.29, 1.82) is 0 Å². The van der Waals surface area contributed by atoms with Crippen LogP contribution in [0.4, 0.5) is 8.78 Å². The zero-order valence-corrected chi connectivity index (χ0v) is 12.3. The molecular formula is C15H13Cl2F2N. The van der Waals surface area contributed by atoms with Crippen LogP contribution in [0.25, 0.3) is 0 Å². The SMILES string of the molecule is Cc1ccc(C(N)Cc2ccc(Cl)cc2Cl)c(F)c1F. The maximum absolute atomic E-state index is 13.9. The van der Waals surface area contributed by atoms with Gasteiger partial charge in [0.1, 0.15) is 0 Å². The molecule has 2 aromatic rings. The summed E-state index contributed by atoms with van der Waals surface area (Å²) in [6.45, 7) is 1.50. The van der Waals surface area contributed by atoms with E-state index in [-0.39, 0.29) is 11.1 Å². The Morgan fingerprint density at radius 3 is 2.45 bits per heavy atom. The first kappa shape index (κ1) is 15.2. The normalized spacial score (nSPS) is 12.5. The molecule has 0 aromatic heterocycles.